The fourth-order valence-electron chi connectivity index (χ4n) is 3.37. The van der Waals surface area contributed by atoms with Crippen molar-refractivity contribution in [3.05, 3.63) is 71.3 Å². The molecule has 1 unspecified atom stereocenters. The van der Waals surface area contributed by atoms with Gasteiger partial charge in [0.1, 0.15) is 6.10 Å². The molecule has 0 saturated heterocycles. The van der Waals surface area contributed by atoms with Gasteiger partial charge in [0, 0.05) is 19.6 Å². The Balaban J connectivity index is 1.64. The summed E-state index contributed by atoms with van der Waals surface area (Å²) in [5, 5.41) is 0. The molecule has 0 aromatic heterocycles. The second kappa shape index (κ2) is 6.23. The summed E-state index contributed by atoms with van der Waals surface area (Å²) in [6, 6.07) is 19.4. The molecule has 1 atom stereocenters. The van der Waals surface area contributed by atoms with Crippen LogP contribution in [0, 0.1) is 5.92 Å². The van der Waals surface area contributed by atoms with E-state index in [0.29, 0.717) is 0 Å². The second-order valence-corrected chi connectivity index (χ2v) is 6.54. The van der Waals surface area contributed by atoms with Crippen LogP contribution in [0.2, 0.25) is 0 Å². The minimum atomic E-state index is 0.0699. The third kappa shape index (κ3) is 3.08. The Morgan fingerprint density at radius 3 is 2.55 bits per heavy atom. The molecule has 1 aliphatic carbocycles. The van der Waals surface area contributed by atoms with Crippen LogP contribution in [-0.2, 0) is 11.3 Å². The van der Waals surface area contributed by atoms with Crippen molar-refractivity contribution in [2.45, 2.75) is 25.5 Å². The predicted octanol–water partition coefficient (Wildman–Crippen LogP) is 4.02. The van der Waals surface area contributed by atoms with Gasteiger partial charge in [-0.25, -0.2) is 0 Å². The van der Waals surface area contributed by atoms with E-state index in [-0.39, 0.29) is 6.10 Å². The van der Waals surface area contributed by atoms with Gasteiger partial charge in [-0.2, -0.15) is 0 Å². The quantitative estimate of drug-likeness (QED) is 0.847. The van der Waals surface area contributed by atoms with Crippen LogP contribution in [0.1, 0.15) is 35.6 Å². The number of benzene rings is 2. The Morgan fingerprint density at radius 1 is 0.955 bits per heavy atom. The van der Waals surface area contributed by atoms with E-state index in [2.05, 4.69) is 59.5 Å². The van der Waals surface area contributed by atoms with Crippen molar-refractivity contribution in [1.82, 2.24) is 4.90 Å². The zero-order chi connectivity index (χ0) is 14.8. The van der Waals surface area contributed by atoms with Crippen molar-refractivity contribution >= 4 is 0 Å². The molecule has 2 aliphatic rings. The number of nitrogens with zero attached hydrogens (tertiary/aromatic N) is 1. The number of hydrogen-bond donors (Lipinski definition) is 0. The largest absolute Gasteiger partial charge is 0.367 e. The van der Waals surface area contributed by atoms with Gasteiger partial charge in [0.2, 0.25) is 0 Å². The highest BCUT2D eigenvalue weighted by atomic mass is 16.5. The smallest absolute Gasteiger partial charge is 0.108 e. The third-order valence-corrected chi connectivity index (χ3v) is 4.74. The van der Waals surface area contributed by atoms with Crippen LogP contribution in [0.4, 0.5) is 0 Å². The minimum Gasteiger partial charge on any atom is -0.367 e. The van der Waals surface area contributed by atoms with Crippen molar-refractivity contribution in [2.75, 3.05) is 19.7 Å². The molecule has 0 amide bonds. The van der Waals surface area contributed by atoms with Gasteiger partial charge in [0.15, 0.2) is 0 Å². The molecule has 2 aromatic rings. The maximum Gasteiger partial charge on any atom is 0.108 e. The lowest BCUT2D eigenvalue weighted by Crippen LogP contribution is -2.32. The van der Waals surface area contributed by atoms with Crippen LogP contribution < -0.4 is 0 Å². The Kier molecular flexibility index (Phi) is 3.96. The first-order valence-electron chi connectivity index (χ1n) is 8.37. The molecule has 22 heavy (non-hydrogen) atoms. The molecule has 0 radical (unpaired) electrons. The van der Waals surface area contributed by atoms with Crippen molar-refractivity contribution in [2.24, 2.45) is 5.92 Å². The molecule has 114 valence electrons. The Bertz CT molecular complexity index is 621. The van der Waals surface area contributed by atoms with Gasteiger partial charge in [-0.3, -0.25) is 4.90 Å². The molecule has 0 N–H and O–H groups in total. The monoisotopic (exact) mass is 293 g/mol. The molecule has 2 nitrogen and oxygen atoms in total. The molecule has 1 fully saturated rings. The zero-order valence-electron chi connectivity index (χ0n) is 12.9. The van der Waals surface area contributed by atoms with Crippen molar-refractivity contribution in [1.29, 1.82) is 0 Å². The third-order valence-electron chi connectivity index (χ3n) is 4.74. The van der Waals surface area contributed by atoms with Crippen molar-refractivity contribution in [3.8, 4) is 0 Å². The molecule has 0 spiro atoms. The Labute approximate surface area is 132 Å². The highest BCUT2D eigenvalue weighted by molar-refractivity contribution is 5.36. The average molecular weight is 293 g/mol. The van der Waals surface area contributed by atoms with E-state index < -0.39 is 0 Å². The molecule has 2 aromatic carbocycles. The van der Waals surface area contributed by atoms with Gasteiger partial charge in [0.25, 0.3) is 0 Å². The second-order valence-electron chi connectivity index (χ2n) is 6.54. The summed E-state index contributed by atoms with van der Waals surface area (Å²) in [5.74, 6) is 0.927. The van der Waals surface area contributed by atoms with Crippen molar-refractivity contribution < 1.29 is 4.74 Å². The maximum absolute atomic E-state index is 6.29. The highest BCUT2D eigenvalue weighted by Crippen LogP contribution is 2.33. The summed E-state index contributed by atoms with van der Waals surface area (Å²) >= 11 is 0. The van der Waals surface area contributed by atoms with E-state index in [9.17, 15) is 0 Å². The van der Waals surface area contributed by atoms with E-state index in [1.54, 1.807) is 0 Å². The van der Waals surface area contributed by atoms with Gasteiger partial charge in [-0.15, -0.1) is 0 Å². The van der Waals surface area contributed by atoms with E-state index in [1.807, 2.05) is 0 Å². The molecule has 1 aliphatic heterocycles. The lowest BCUT2D eigenvalue weighted by molar-refractivity contribution is 0.0481. The van der Waals surface area contributed by atoms with Crippen LogP contribution in [0.3, 0.4) is 0 Å². The van der Waals surface area contributed by atoms with E-state index >= 15 is 0 Å². The Morgan fingerprint density at radius 2 is 1.73 bits per heavy atom. The van der Waals surface area contributed by atoms with Gasteiger partial charge < -0.3 is 4.74 Å². The molecule has 0 bridgehead atoms. The molecular formula is C20H23NO. The minimum absolute atomic E-state index is 0.0699. The van der Waals surface area contributed by atoms with Gasteiger partial charge in [0.05, 0.1) is 6.61 Å². The Hall–Kier alpha value is -1.64. The van der Waals surface area contributed by atoms with Crippen LogP contribution in [0.15, 0.2) is 54.6 Å². The maximum atomic E-state index is 6.29. The highest BCUT2D eigenvalue weighted by Gasteiger charge is 2.27. The summed E-state index contributed by atoms with van der Waals surface area (Å²) < 4.78 is 6.29. The number of hydrogen-bond acceptors (Lipinski definition) is 2. The molecule has 2 heteroatoms. The van der Waals surface area contributed by atoms with Crippen molar-refractivity contribution in [3.63, 3.8) is 0 Å². The molecule has 4 rings (SSSR count). The SMILES string of the molecule is c1ccc(C2OCCN(CC3CC3)Cc3ccccc32)cc1. The predicted molar refractivity (Wildman–Crippen MR) is 88.7 cm³/mol. The normalized spacial score (nSPS) is 22.6. The first-order valence-corrected chi connectivity index (χ1v) is 8.37. The topological polar surface area (TPSA) is 12.5 Å². The first kappa shape index (κ1) is 14.0. The summed E-state index contributed by atoms with van der Waals surface area (Å²) in [6.45, 7) is 4.13. The van der Waals surface area contributed by atoms with Crippen LogP contribution in [0.25, 0.3) is 0 Å². The number of fused-ring (bicyclic) bond motifs is 1. The number of rotatable bonds is 3. The number of ether oxygens (including phenoxy) is 1. The van der Waals surface area contributed by atoms with Gasteiger partial charge in [-0.05, 0) is 35.4 Å². The summed E-state index contributed by atoms with van der Waals surface area (Å²) in [6.07, 6.45) is 2.89. The lowest BCUT2D eigenvalue weighted by Gasteiger charge is -2.30. The van der Waals surface area contributed by atoms with E-state index in [4.69, 9.17) is 4.74 Å². The van der Waals surface area contributed by atoms with Gasteiger partial charge >= 0.3 is 0 Å². The summed E-state index contributed by atoms with van der Waals surface area (Å²) in [7, 11) is 0. The molecule has 1 saturated carbocycles. The summed E-state index contributed by atoms with van der Waals surface area (Å²) in [4.78, 5) is 2.57. The zero-order valence-corrected chi connectivity index (χ0v) is 12.9. The standard InChI is InChI=1S/C20H23NO/c1-2-6-17(7-3-1)20-19-9-5-4-8-18(19)15-21(12-13-22-20)14-16-10-11-16/h1-9,16,20H,10-15H2. The molecular weight excluding hydrogens is 270 g/mol. The van der Waals surface area contributed by atoms with Crippen LogP contribution in [-0.4, -0.2) is 24.6 Å². The lowest BCUT2D eigenvalue weighted by atomic mass is 9.95. The fourth-order valence-corrected chi connectivity index (χ4v) is 3.37. The van der Waals surface area contributed by atoms with E-state index in [0.717, 1.165) is 25.6 Å². The fraction of sp³-hybridized carbons (Fsp3) is 0.400. The summed E-state index contributed by atoms with van der Waals surface area (Å²) in [5.41, 5.74) is 4.00. The average Bonchev–Trinajstić information content (AvgIpc) is 3.35. The molecule has 1 heterocycles. The van der Waals surface area contributed by atoms with Crippen LogP contribution in [0.5, 0.6) is 0 Å². The van der Waals surface area contributed by atoms with E-state index in [1.165, 1.54) is 36.1 Å². The van der Waals surface area contributed by atoms with Crippen LogP contribution >= 0.6 is 0 Å². The van der Waals surface area contributed by atoms with Gasteiger partial charge in [-0.1, -0.05) is 54.6 Å². The first-order chi connectivity index (χ1) is 10.9.